The Balaban J connectivity index is 4.06. The summed E-state index contributed by atoms with van der Waals surface area (Å²) in [6, 6.07) is 0.00694. The molecule has 0 aromatic rings. The van der Waals surface area contributed by atoms with E-state index in [0.717, 1.165) is 6.42 Å². The largest absolute Gasteiger partial charge is 0.503 e. The Morgan fingerprint density at radius 1 is 1.64 bits per heavy atom. The fourth-order valence-electron chi connectivity index (χ4n) is 0.961. The van der Waals surface area contributed by atoms with Crippen molar-refractivity contribution in [2.24, 2.45) is 5.92 Å². The summed E-state index contributed by atoms with van der Waals surface area (Å²) in [5, 5.41) is 12.2. The van der Waals surface area contributed by atoms with Crippen molar-refractivity contribution in [2.45, 2.75) is 26.3 Å². The van der Waals surface area contributed by atoms with E-state index in [1.54, 1.807) is 0 Å². The first-order chi connectivity index (χ1) is 5.11. The lowest BCUT2D eigenvalue weighted by Gasteiger charge is -2.15. The van der Waals surface area contributed by atoms with Crippen LogP contribution in [0.4, 0.5) is 0 Å². The predicted molar refractivity (Wildman–Crippen MR) is 47.6 cm³/mol. The van der Waals surface area contributed by atoms with Crippen LogP contribution in [0.3, 0.4) is 0 Å². The maximum atomic E-state index is 9.25. The molecular formula is C9H17NO. The molecule has 0 saturated heterocycles. The van der Waals surface area contributed by atoms with Gasteiger partial charge >= 0.3 is 0 Å². The van der Waals surface area contributed by atoms with Crippen molar-refractivity contribution in [3.8, 4) is 0 Å². The molecular weight excluding hydrogens is 138 g/mol. The van der Waals surface area contributed by atoms with Crippen LogP contribution in [0.25, 0.3) is 0 Å². The first-order valence-electron chi connectivity index (χ1n) is 3.88. The van der Waals surface area contributed by atoms with Crippen molar-refractivity contribution in [3.63, 3.8) is 0 Å². The molecule has 11 heavy (non-hydrogen) atoms. The normalized spacial score (nSPS) is 12.7. The molecule has 0 radical (unpaired) electrons. The summed E-state index contributed by atoms with van der Waals surface area (Å²) in [6.45, 7) is 7.61. The van der Waals surface area contributed by atoms with Gasteiger partial charge in [-0.3, -0.25) is 0 Å². The van der Waals surface area contributed by atoms with Crippen molar-refractivity contribution in [1.29, 1.82) is 0 Å². The number of nitrogens with one attached hydrogen (secondary N) is 1. The van der Waals surface area contributed by atoms with Gasteiger partial charge in [-0.1, -0.05) is 26.2 Å². The van der Waals surface area contributed by atoms with E-state index in [9.17, 15) is 5.11 Å². The molecule has 0 bridgehead atoms. The highest BCUT2D eigenvalue weighted by Crippen LogP contribution is 2.08. The summed E-state index contributed by atoms with van der Waals surface area (Å²) in [5.41, 5.74) is 2.48. The summed E-state index contributed by atoms with van der Waals surface area (Å²) in [5.74, 6) is 0.768. The number of aliphatic hydroxyl groups is 1. The van der Waals surface area contributed by atoms with E-state index in [0.29, 0.717) is 5.92 Å². The van der Waals surface area contributed by atoms with Crippen LogP contribution < -0.4 is 5.32 Å². The Kier molecular flexibility index (Phi) is 4.67. The second-order valence-corrected chi connectivity index (χ2v) is 3.03. The van der Waals surface area contributed by atoms with Crippen LogP contribution >= 0.6 is 0 Å². The lowest BCUT2D eigenvalue weighted by Crippen LogP contribution is -2.28. The van der Waals surface area contributed by atoms with Gasteiger partial charge in [-0.05, 0) is 19.4 Å². The molecule has 0 saturated carbocycles. The average molecular weight is 155 g/mol. The molecule has 0 fully saturated rings. The molecule has 1 unspecified atom stereocenters. The third kappa shape index (κ3) is 3.87. The number of rotatable bonds is 4. The minimum absolute atomic E-state index is 0.00694. The van der Waals surface area contributed by atoms with Gasteiger partial charge in [-0.15, -0.1) is 0 Å². The maximum absolute atomic E-state index is 9.25. The lowest BCUT2D eigenvalue weighted by molar-refractivity contribution is 0.323. The predicted octanol–water partition coefficient (Wildman–Crippen LogP) is 1.85. The van der Waals surface area contributed by atoms with E-state index in [2.05, 4.69) is 31.5 Å². The Morgan fingerprint density at radius 3 is 2.45 bits per heavy atom. The van der Waals surface area contributed by atoms with Crippen LogP contribution in [0.5, 0.6) is 0 Å². The van der Waals surface area contributed by atoms with E-state index in [1.165, 1.54) is 0 Å². The molecule has 0 aliphatic carbocycles. The van der Waals surface area contributed by atoms with Gasteiger partial charge in [0.1, 0.15) is 0 Å². The first kappa shape index (κ1) is 10.3. The first-order valence-corrected chi connectivity index (χ1v) is 3.88. The van der Waals surface area contributed by atoms with Crippen LogP contribution in [0.2, 0.25) is 0 Å². The van der Waals surface area contributed by atoms with E-state index in [1.807, 2.05) is 7.05 Å². The van der Waals surface area contributed by atoms with Gasteiger partial charge < -0.3 is 10.4 Å². The zero-order valence-electron chi connectivity index (χ0n) is 7.52. The highest BCUT2D eigenvalue weighted by molar-refractivity contribution is 4.98. The van der Waals surface area contributed by atoms with E-state index in [-0.39, 0.29) is 11.8 Å². The highest BCUT2D eigenvalue weighted by Gasteiger charge is 2.11. The molecule has 0 aromatic carbocycles. The van der Waals surface area contributed by atoms with Crippen molar-refractivity contribution >= 4 is 0 Å². The maximum Gasteiger partial charge on any atom is 0.151 e. The highest BCUT2D eigenvalue weighted by atomic mass is 16.3. The SMILES string of the molecule is C=C=C(O)C(CC(C)C)NC. The second kappa shape index (κ2) is 5.00. The molecule has 2 nitrogen and oxygen atoms in total. The number of hydrogen-bond donors (Lipinski definition) is 2. The summed E-state index contributed by atoms with van der Waals surface area (Å²) in [7, 11) is 1.82. The second-order valence-electron chi connectivity index (χ2n) is 3.03. The number of likely N-dealkylation sites (N-methyl/N-ethyl adjacent to an activating group) is 1. The van der Waals surface area contributed by atoms with Gasteiger partial charge in [0.25, 0.3) is 0 Å². The van der Waals surface area contributed by atoms with Crippen LogP contribution in [-0.2, 0) is 0 Å². The fraction of sp³-hybridized carbons (Fsp3) is 0.667. The van der Waals surface area contributed by atoms with Gasteiger partial charge in [0, 0.05) is 0 Å². The van der Waals surface area contributed by atoms with Gasteiger partial charge in [0.2, 0.25) is 0 Å². The molecule has 1 atom stereocenters. The zero-order chi connectivity index (χ0) is 8.85. The fourth-order valence-corrected chi connectivity index (χ4v) is 0.961. The standard InChI is InChI=1S/C9H17NO/c1-5-9(11)8(10-4)6-7(2)3/h7-8,10-11H,1,6H2,2-4H3. The van der Waals surface area contributed by atoms with Gasteiger partial charge in [-0.25, -0.2) is 0 Å². The third-order valence-corrected chi connectivity index (χ3v) is 1.57. The lowest BCUT2D eigenvalue weighted by atomic mass is 10.0. The van der Waals surface area contributed by atoms with Crippen molar-refractivity contribution in [1.82, 2.24) is 5.32 Å². The summed E-state index contributed by atoms with van der Waals surface area (Å²) in [6.07, 6.45) is 0.908. The molecule has 2 N–H and O–H groups in total. The zero-order valence-corrected chi connectivity index (χ0v) is 7.52. The summed E-state index contributed by atoms with van der Waals surface area (Å²) < 4.78 is 0. The van der Waals surface area contributed by atoms with Gasteiger partial charge in [-0.2, -0.15) is 0 Å². The molecule has 0 heterocycles. The van der Waals surface area contributed by atoms with E-state index < -0.39 is 0 Å². The molecule has 0 rings (SSSR count). The Hall–Kier alpha value is -0.720. The summed E-state index contributed by atoms with van der Waals surface area (Å²) in [4.78, 5) is 0. The molecule has 2 heteroatoms. The van der Waals surface area contributed by atoms with Crippen molar-refractivity contribution in [3.05, 3.63) is 18.1 Å². The number of hydrogen-bond acceptors (Lipinski definition) is 2. The minimum Gasteiger partial charge on any atom is -0.503 e. The number of aliphatic hydroxyl groups excluding tert-OH is 1. The monoisotopic (exact) mass is 155 g/mol. The molecule has 0 aliphatic heterocycles. The van der Waals surface area contributed by atoms with Crippen LogP contribution in [-0.4, -0.2) is 18.2 Å². The molecule has 0 aliphatic rings. The average Bonchev–Trinajstić information content (AvgIpc) is 1.98. The molecule has 0 aromatic heterocycles. The topological polar surface area (TPSA) is 32.3 Å². The molecule has 0 amide bonds. The smallest absolute Gasteiger partial charge is 0.151 e. The molecule has 64 valence electrons. The van der Waals surface area contributed by atoms with Crippen LogP contribution in [0.15, 0.2) is 18.1 Å². The van der Waals surface area contributed by atoms with Crippen molar-refractivity contribution in [2.75, 3.05) is 7.05 Å². The quantitative estimate of drug-likeness (QED) is 0.479. The van der Waals surface area contributed by atoms with Crippen molar-refractivity contribution < 1.29 is 5.11 Å². The van der Waals surface area contributed by atoms with E-state index in [4.69, 9.17) is 0 Å². The van der Waals surface area contributed by atoms with Crippen LogP contribution in [0.1, 0.15) is 20.3 Å². The Bertz CT molecular complexity index is 157. The minimum atomic E-state index is 0.00694. The Morgan fingerprint density at radius 2 is 2.18 bits per heavy atom. The van der Waals surface area contributed by atoms with Crippen LogP contribution in [0, 0.1) is 5.92 Å². The van der Waals surface area contributed by atoms with E-state index >= 15 is 0 Å². The Labute approximate surface area is 68.6 Å². The molecule has 0 spiro atoms. The third-order valence-electron chi connectivity index (χ3n) is 1.57. The summed E-state index contributed by atoms with van der Waals surface area (Å²) >= 11 is 0. The van der Waals surface area contributed by atoms with Gasteiger partial charge in [0.15, 0.2) is 5.76 Å². The van der Waals surface area contributed by atoms with Gasteiger partial charge in [0.05, 0.1) is 6.04 Å².